The molecule has 0 radical (unpaired) electrons. The van der Waals surface area contributed by atoms with Crippen LogP contribution in [0.3, 0.4) is 0 Å². The summed E-state index contributed by atoms with van der Waals surface area (Å²) < 4.78 is 0. The smallest absolute Gasteiger partial charge is 0.260 e. The zero-order valence-corrected chi connectivity index (χ0v) is 18.7. The van der Waals surface area contributed by atoms with Crippen molar-refractivity contribution < 1.29 is 5.11 Å². The summed E-state index contributed by atoms with van der Waals surface area (Å²) in [5, 5.41) is 13.4. The molecular weight excluding hydrogens is 406 g/mol. The molecule has 156 valence electrons. The quantitative estimate of drug-likeness (QED) is 0.502. The third-order valence-electron chi connectivity index (χ3n) is 4.98. The van der Waals surface area contributed by atoms with Gasteiger partial charge in [-0.25, -0.2) is 4.98 Å². The van der Waals surface area contributed by atoms with Crippen LogP contribution >= 0.6 is 22.9 Å². The highest BCUT2D eigenvalue weighted by Gasteiger charge is 2.16. The van der Waals surface area contributed by atoms with Gasteiger partial charge in [0.1, 0.15) is 10.7 Å². The Labute approximate surface area is 180 Å². The van der Waals surface area contributed by atoms with Crippen LogP contribution in [0.1, 0.15) is 39.4 Å². The molecule has 1 atom stereocenters. The highest BCUT2D eigenvalue weighted by Crippen LogP contribution is 2.31. The van der Waals surface area contributed by atoms with E-state index in [1.807, 2.05) is 36.6 Å². The number of nitrogens with one attached hydrogen (secondary N) is 1. The molecule has 29 heavy (non-hydrogen) atoms. The summed E-state index contributed by atoms with van der Waals surface area (Å²) in [6.07, 6.45) is 1.36. The molecule has 0 fully saturated rings. The van der Waals surface area contributed by atoms with E-state index in [0.717, 1.165) is 28.9 Å². The highest BCUT2D eigenvalue weighted by atomic mass is 35.5. The number of aliphatic hydroxyl groups excluding tert-OH is 1. The molecule has 3 aromatic rings. The van der Waals surface area contributed by atoms with Crippen LogP contribution in [0, 0.1) is 5.92 Å². The Morgan fingerprint density at radius 3 is 2.66 bits per heavy atom. The lowest BCUT2D eigenvalue weighted by atomic mass is 10.1. The maximum absolute atomic E-state index is 12.9. The van der Waals surface area contributed by atoms with Crippen LogP contribution in [0.2, 0.25) is 5.02 Å². The van der Waals surface area contributed by atoms with Crippen LogP contribution in [0.15, 0.2) is 34.4 Å². The number of rotatable bonds is 9. The van der Waals surface area contributed by atoms with Crippen molar-refractivity contribution in [3.8, 4) is 11.1 Å². The van der Waals surface area contributed by atoms with Crippen molar-refractivity contribution in [3.63, 3.8) is 0 Å². The average Bonchev–Trinajstić information content (AvgIpc) is 3.11. The molecule has 5 nitrogen and oxygen atoms in total. The molecule has 2 heterocycles. The number of thiophene rings is 1. The van der Waals surface area contributed by atoms with Gasteiger partial charge in [-0.15, -0.1) is 11.3 Å². The third-order valence-corrected chi connectivity index (χ3v) is 6.11. The topological polar surface area (TPSA) is 69.2 Å². The number of benzene rings is 1. The first kappa shape index (κ1) is 22.0. The van der Waals surface area contributed by atoms with E-state index in [0.29, 0.717) is 41.7 Å². The lowest BCUT2D eigenvalue weighted by Crippen LogP contribution is -2.34. The molecule has 0 bridgehead atoms. The Balaban J connectivity index is 1.88. The fourth-order valence-electron chi connectivity index (χ4n) is 3.22. The van der Waals surface area contributed by atoms with Crippen LogP contribution in [0.5, 0.6) is 0 Å². The Morgan fingerprint density at radius 1 is 1.28 bits per heavy atom. The van der Waals surface area contributed by atoms with E-state index in [-0.39, 0.29) is 11.7 Å². The predicted molar refractivity (Wildman–Crippen MR) is 122 cm³/mol. The molecule has 7 heteroatoms. The number of aliphatic hydroxyl groups is 1. The second-order valence-corrected chi connectivity index (χ2v) is 9.12. The minimum absolute atomic E-state index is 0.129. The summed E-state index contributed by atoms with van der Waals surface area (Å²) in [4.78, 5) is 23.4. The summed E-state index contributed by atoms with van der Waals surface area (Å²) in [5.41, 5.74) is 1.70. The fraction of sp³-hybridized carbons (Fsp3) is 0.455. The number of fused-ring (bicyclic) bond motifs is 1. The van der Waals surface area contributed by atoms with Crippen molar-refractivity contribution in [1.82, 2.24) is 14.9 Å². The number of aromatic amines is 1. The first-order chi connectivity index (χ1) is 13.9. The zero-order valence-electron chi connectivity index (χ0n) is 17.1. The largest absolute Gasteiger partial charge is 0.392 e. The molecular formula is C22H28ClN3O2S. The third kappa shape index (κ3) is 5.66. The normalized spacial score (nSPS) is 12.9. The van der Waals surface area contributed by atoms with Gasteiger partial charge in [-0.05, 0) is 43.0 Å². The van der Waals surface area contributed by atoms with E-state index in [9.17, 15) is 9.90 Å². The number of H-pyrrole nitrogens is 1. The van der Waals surface area contributed by atoms with Crippen molar-refractivity contribution in [3.05, 3.63) is 50.8 Å². The zero-order chi connectivity index (χ0) is 21.0. The maximum Gasteiger partial charge on any atom is 0.260 e. The van der Waals surface area contributed by atoms with E-state index in [4.69, 9.17) is 16.6 Å². The van der Waals surface area contributed by atoms with E-state index >= 15 is 0 Å². The Morgan fingerprint density at radius 2 is 2.00 bits per heavy atom. The molecule has 0 amide bonds. The number of hydrogen-bond donors (Lipinski definition) is 2. The Bertz CT molecular complexity index is 997. The Kier molecular flexibility index (Phi) is 7.46. The molecule has 1 unspecified atom stereocenters. The monoisotopic (exact) mass is 433 g/mol. The van der Waals surface area contributed by atoms with Crippen molar-refractivity contribution in [2.24, 2.45) is 5.92 Å². The SMILES string of the molecule is CCC(O)CN(CCC(C)C)Cc1nc2scc(-c3ccc(Cl)cc3)c2c(=O)[nH]1. The van der Waals surface area contributed by atoms with Gasteiger partial charge < -0.3 is 10.1 Å². The molecule has 2 N–H and O–H groups in total. The van der Waals surface area contributed by atoms with Gasteiger partial charge in [-0.1, -0.05) is 44.5 Å². The van der Waals surface area contributed by atoms with E-state index < -0.39 is 0 Å². The van der Waals surface area contributed by atoms with Gasteiger partial charge in [-0.2, -0.15) is 0 Å². The van der Waals surface area contributed by atoms with E-state index in [2.05, 4.69) is 23.7 Å². The lowest BCUT2D eigenvalue weighted by molar-refractivity contribution is 0.101. The number of nitrogens with zero attached hydrogens (tertiary/aromatic N) is 2. The van der Waals surface area contributed by atoms with Crippen LogP contribution in [0.4, 0.5) is 0 Å². The molecule has 0 aliphatic carbocycles. The molecule has 0 saturated carbocycles. The first-order valence-electron chi connectivity index (χ1n) is 10.0. The van der Waals surface area contributed by atoms with Crippen LogP contribution in [0.25, 0.3) is 21.3 Å². The van der Waals surface area contributed by atoms with Gasteiger partial charge in [-0.3, -0.25) is 9.69 Å². The molecule has 3 rings (SSSR count). The first-order valence-corrected chi connectivity index (χ1v) is 11.3. The van der Waals surface area contributed by atoms with Gasteiger partial charge in [0.2, 0.25) is 0 Å². The second kappa shape index (κ2) is 9.85. The standard InChI is InChI=1S/C22H28ClN3O2S/c1-4-17(27)11-26(10-9-14(2)3)12-19-24-21(28)20-18(13-29-22(20)25-19)15-5-7-16(23)8-6-15/h5-8,13-14,17,27H,4,9-12H2,1-3H3,(H,24,25,28). The van der Waals surface area contributed by atoms with Crippen molar-refractivity contribution >= 4 is 33.2 Å². The number of aromatic nitrogens is 2. The predicted octanol–water partition coefficient (Wildman–Crippen LogP) is 4.92. The number of halogens is 1. The second-order valence-electron chi connectivity index (χ2n) is 7.83. The van der Waals surface area contributed by atoms with E-state index in [1.54, 1.807) is 0 Å². The fourth-order valence-corrected chi connectivity index (χ4v) is 4.32. The van der Waals surface area contributed by atoms with Crippen LogP contribution < -0.4 is 5.56 Å². The van der Waals surface area contributed by atoms with Gasteiger partial charge in [0.25, 0.3) is 5.56 Å². The lowest BCUT2D eigenvalue weighted by Gasteiger charge is -2.25. The summed E-state index contributed by atoms with van der Waals surface area (Å²) in [6.45, 7) is 8.29. The van der Waals surface area contributed by atoms with Crippen molar-refractivity contribution in [2.75, 3.05) is 13.1 Å². The molecule has 1 aromatic carbocycles. The van der Waals surface area contributed by atoms with Crippen LogP contribution in [-0.4, -0.2) is 39.2 Å². The molecule has 0 aliphatic rings. The Hall–Kier alpha value is -1.73. The maximum atomic E-state index is 12.9. The van der Waals surface area contributed by atoms with Gasteiger partial charge in [0.05, 0.1) is 18.0 Å². The van der Waals surface area contributed by atoms with Crippen LogP contribution in [-0.2, 0) is 6.54 Å². The van der Waals surface area contributed by atoms with Gasteiger partial charge in [0, 0.05) is 22.5 Å². The summed E-state index contributed by atoms with van der Waals surface area (Å²) in [6, 6.07) is 7.47. The number of hydrogen-bond acceptors (Lipinski definition) is 5. The molecule has 0 saturated heterocycles. The minimum atomic E-state index is -0.379. The molecule has 2 aromatic heterocycles. The minimum Gasteiger partial charge on any atom is -0.392 e. The summed E-state index contributed by atoms with van der Waals surface area (Å²) in [5.74, 6) is 1.21. The van der Waals surface area contributed by atoms with Crippen molar-refractivity contribution in [1.29, 1.82) is 0 Å². The van der Waals surface area contributed by atoms with Gasteiger partial charge >= 0.3 is 0 Å². The summed E-state index contributed by atoms with van der Waals surface area (Å²) >= 11 is 7.46. The molecule has 0 aliphatic heterocycles. The average molecular weight is 434 g/mol. The highest BCUT2D eigenvalue weighted by molar-refractivity contribution is 7.17. The summed E-state index contributed by atoms with van der Waals surface area (Å²) in [7, 11) is 0. The van der Waals surface area contributed by atoms with E-state index in [1.165, 1.54) is 11.3 Å². The molecule has 0 spiro atoms. The van der Waals surface area contributed by atoms with Gasteiger partial charge in [0.15, 0.2) is 0 Å². The van der Waals surface area contributed by atoms with Crippen molar-refractivity contribution in [2.45, 2.75) is 46.3 Å².